The molecule has 2 N–H and O–H groups in total. The lowest BCUT2D eigenvalue weighted by Gasteiger charge is -2.38. The Labute approximate surface area is 143 Å². The number of hydrogen-bond donors (Lipinski definition) is 2. The van der Waals surface area contributed by atoms with E-state index in [0.29, 0.717) is 12.0 Å². The van der Waals surface area contributed by atoms with E-state index < -0.39 is 5.82 Å². The quantitative estimate of drug-likeness (QED) is 0.854. The number of carbonyl (C=O) groups excluding carboxylic acids is 1. The normalized spacial score (nSPS) is 25.8. The summed E-state index contributed by atoms with van der Waals surface area (Å²) in [6, 6.07) is 6.27. The number of nitrogens with one attached hydrogen (secondary N) is 2. The van der Waals surface area contributed by atoms with E-state index in [1.165, 1.54) is 12.5 Å². The van der Waals surface area contributed by atoms with Gasteiger partial charge in [0.15, 0.2) is 0 Å². The van der Waals surface area contributed by atoms with Crippen LogP contribution in [0.2, 0.25) is 0 Å². The molecule has 5 nitrogen and oxygen atoms in total. The zero-order valence-electron chi connectivity index (χ0n) is 14.4. The maximum atomic E-state index is 13.6. The Balaban J connectivity index is 1.42. The monoisotopic (exact) mass is 334 g/mol. The van der Waals surface area contributed by atoms with E-state index in [2.05, 4.69) is 27.4 Å². The van der Waals surface area contributed by atoms with Gasteiger partial charge < -0.3 is 15.5 Å². The number of hydrogen-bond acceptors (Lipinski definition) is 4. The third-order valence-electron chi connectivity index (χ3n) is 5.04. The van der Waals surface area contributed by atoms with Crippen LogP contribution in [-0.2, 0) is 4.79 Å². The summed E-state index contributed by atoms with van der Waals surface area (Å²) in [6.07, 6.45) is 1.23. The highest BCUT2D eigenvalue weighted by molar-refractivity contribution is 5.92. The number of benzene rings is 1. The van der Waals surface area contributed by atoms with E-state index in [4.69, 9.17) is 0 Å². The van der Waals surface area contributed by atoms with Gasteiger partial charge in [0.2, 0.25) is 5.91 Å². The van der Waals surface area contributed by atoms with Crippen LogP contribution in [-0.4, -0.2) is 68.1 Å². The van der Waals surface area contributed by atoms with Crippen molar-refractivity contribution in [2.75, 3.05) is 57.7 Å². The van der Waals surface area contributed by atoms with Crippen LogP contribution in [0.15, 0.2) is 24.3 Å². The van der Waals surface area contributed by atoms with Crippen LogP contribution in [0.5, 0.6) is 0 Å². The molecule has 1 unspecified atom stereocenters. The summed E-state index contributed by atoms with van der Waals surface area (Å²) in [5.41, 5.74) is 0.632. The minimum Gasteiger partial charge on any atom is -0.322 e. The Morgan fingerprint density at radius 2 is 1.96 bits per heavy atom. The van der Waals surface area contributed by atoms with Crippen molar-refractivity contribution >= 4 is 11.6 Å². The second kappa shape index (κ2) is 7.59. The maximum Gasteiger partial charge on any atom is 0.238 e. The molecular weight excluding hydrogens is 307 g/mol. The first-order valence-corrected chi connectivity index (χ1v) is 8.74. The summed E-state index contributed by atoms with van der Waals surface area (Å²) >= 11 is 0. The van der Waals surface area contributed by atoms with Crippen LogP contribution >= 0.6 is 0 Å². The summed E-state index contributed by atoms with van der Waals surface area (Å²) in [5.74, 6) is -0.547. The summed E-state index contributed by atoms with van der Waals surface area (Å²) in [6.45, 7) is 9.75. The molecule has 3 rings (SSSR count). The fourth-order valence-corrected chi connectivity index (χ4v) is 3.60. The van der Waals surface area contributed by atoms with Gasteiger partial charge in [0, 0.05) is 39.3 Å². The Hall–Kier alpha value is -1.50. The predicted octanol–water partition coefficient (Wildman–Crippen LogP) is 1.38. The summed E-state index contributed by atoms with van der Waals surface area (Å²) in [4.78, 5) is 16.7. The number of amides is 1. The van der Waals surface area contributed by atoms with Crippen molar-refractivity contribution in [2.45, 2.75) is 13.3 Å². The van der Waals surface area contributed by atoms with Gasteiger partial charge in [-0.3, -0.25) is 9.69 Å². The van der Waals surface area contributed by atoms with Crippen LogP contribution in [0.4, 0.5) is 10.1 Å². The minimum atomic E-state index is -0.394. The fraction of sp³-hybridized carbons (Fsp3) is 0.611. The molecule has 2 saturated heterocycles. The molecule has 1 amide bonds. The molecule has 24 heavy (non-hydrogen) atoms. The van der Waals surface area contributed by atoms with Crippen LogP contribution in [0.1, 0.15) is 13.3 Å². The lowest BCUT2D eigenvalue weighted by atomic mass is 9.89. The Bertz CT molecular complexity index is 566. The number of halogens is 1. The zero-order valence-corrected chi connectivity index (χ0v) is 14.4. The summed E-state index contributed by atoms with van der Waals surface area (Å²) in [7, 11) is 0. The van der Waals surface area contributed by atoms with Gasteiger partial charge in [-0.2, -0.15) is 0 Å². The minimum absolute atomic E-state index is 0.152. The van der Waals surface area contributed by atoms with Crippen LogP contribution < -0.4 is 10.6 Å². The number of nitrogens with zero attached hydrogens (tertiary/aromatic N) is 2. The molecule has 0 radical (unpaired) electrons. The van der Waals surface area contributed by atoms with E-state index >= 15 is 0 Å². The van der Waals surface area contributed by atoms with E-state index in [0.717, 1.165) is 45.8 Å². The Morgan fingerprint density at radius 1 is 1.25 bits per heavy atom. The van der Waals surface area contributed by atoms with Crippen molar-refractivity contribution in [2.24, 2.45) is 5.41 Å². The van der Waals surface area contributed by atoms with Crippen LogP contribution in [0.25, 0.3) is 0 Å². The molecule has 0 saturated carbocycles. The second-order valence-electron chi connectivity index (χ2n) is 7.32. The van der Waals surface area contributed by atoms with Gasteiger partial charge >= 0.3 is 0 Å². The highest BCUT2D eigenvalue weighted by atomic mass is 19.1. The van der Waals surface area contributed by atoms with Crippen molar-refractivity contribution in [3.05, 3.63) is 30.1 Å². The molecule has 6 heteroatoms. The molecule has 1 aromatic rings. The lowest BCUT2D eigenvalue weighted by Crippen LogP contribution is -2.51. The zero-order chi connectivity index (χ0) is 17.0. The number of rotatable bonds is 5. The van der Waals surface area contributed by atoms with E-state index in [1.54, 1.807) is 18.2 Å². The molecule has 1 aromatic carbocycles. The van der Waals surface area contributed by atoms with E-state index in [1.807, 2.05) is 0 Å². The van der Waals surface area contributed by atoms with Crippen molar-refractivity contribution < 1.29 is 9.18 Å². The van der Waals surface area contributed by atoms with Crippen molar-refractivity contribution in [3.63, 3.8) is 0 Å². The average molecular weight is 334 g/mol. The number of para-hydroxylation sites is 1. The molecule has 132 valence electrons. The van der Waals surface area contributed by atoms with Gasteiger partial charge in [0.05, 0.1) is 12.2 Å². The summed E-state index contributed by atoms with van der Waals surface area (Å²) in [5, 5.41) is 6.10. The maximum absolute atomic E-state index is 13.6. The first-order chi connectivity index (χ1) is 11.5. The van der Waals surface area contributed by atoms with Gasteiger partial charge in [-0.1, -0.05) is 19.1 Å². The van der Waals surface area contributed by atoms with Crippen LogP contribution in [0.3, 0.4) is 0 Å². The molecule has 0 spiro atoms. The molecular formula is C18H27FN4O. The lowest BCUT2D eigenvalue weighted by molar-refractivity contribution is -0.117. The molecule has 0 bridgehead atoms. The molecule has 2 aliphatic rings. The fourth-order valence-electron chi connectivity index (χ4n) is 3.60. The third kappa shape index (κ3) is 4.53. The van der Waals surface area contributed by atoms with Gasteiger partial charge in [0.1, 0.15) is 5.82 Å². The average Bonchev–Trinajstić information content (AvgIpc) is 2.98. The van der Waals surface area contributed by atoms with Crippen molar-refractivity contribution in [3.8, 4) is 0 Å². The number of carbonyl (C=O) groups is 1. The highest BCUT2D eigenvalue weighted by Crippen LogP contribution is 2.26. The Kier molecular flexibility index (Phi) is 5.48. The smallest absolute Gasteiger partial charge is 0.238 e. The van der Waals surface area contributed by atoms with E-state index in [-0.39, 0.29) is 11.6 Å². The topological polar surface area (TPSA) is 47.6 Å². The second-order valence-corrected chi connectivity index (χ2v) is 7.32. The largest absolute Gasteiger partial charge is 0.322 e. The predicted molar refractivity (Wildman–Crippen MR) is 93.5 cm³/mol. The molecule has 0 aliphatic carbocycles. The molecule has 1 atom stereocenters. The molecule has 0 aromatic heterocycles. The third-order valence-corrected chi connectivity index (χ3v) is 5.04. The molecule has 2 heterocycles. The molecule has 2 aliphatic heterocycles. The SMILES string of the molecule is CC1(CN2CCN(CC(=O)Nc3ccccc3F)CC2)CCNC1. The molecule has 2 fully saturated rings. The number of anilines is 1. The van der Waals surface area contributed by atoms with Gasteiger partial charge in [-0.25, -0.2) is 4.39 Å². The Morgan fingerprint density at radius 3 is 2.62 bits per heavy atom. The summed E-state index contributed by atoms with van der Waals surface area (Å²) < 4.78 is 13.6. The van der Waals surface area contributed by atoms with Crippen LogP contribution in [0, 0.1) is 11.2 Å². The highest BCUT2D eigenvalue weighted by Gasteiger charge is 2.31. The standard InChI is InChI=1S/C18H27FN4O/c1-18(6-7-20-13-18)14-23-10-8-22(9-11-23)12-17(24)21-16-5-3-2-4-15(16)19/h2-5,20H,6-14H2,1H3,(H,21,24). The van der Waals surface area contributed by atoms with Gasteiger partial charge in [0.25, 0.3) is 0 Å². The first-order valence-electron chi connectivity index (χ1n) is 8.74. The van der Waals surface area contributed by atoms with Gasteiger partial charge in [-0.05, 0) is 30.5 Å². The van der Waals surface area contributed by atoms with Crippen molar-refractivity contribution in [1.82, 2.24) is 15.1 Å². The van der Waals surface area contributed by atoms with E-state index in [9.17, 15) is 9.18 Å². The van der Waals surface area contributed by atoms with Crippen molar-refractivity contribution in [1.29, 1.82) is 0 Å². The van der Waals surface area contributed by atoms with Gasteiger partial charge in [-0.15, -0.1) is 0 Å². The first kappa shape index (κ1) is 17.3. The number of piperazine rings is 1.